The van der Waals surface area contributed by atoms with Crippen molar-refractivity contribution in [2.45, 2.75) is 174 Å². The molecule has 0 bridgehead atoms. The molecule has 0 spiro atoms. The maximum absolute atomic E-state index is 10.5. The molecule has 0 heterocycles. The fourth-order valence-electron chi connectivity index (χ4n) is 5.20. The van der Waals surface area contributed by atoms with Crippen LogP contribution in [0.15, 0.2) is 185 Å². The Bertz CT molecular complexity index is 2930. The number of carbonyl (C=O) groups is 2. The third-order valence-electron chi connectivity index (χ3n) is 9.27. The van der Waals surface area contributed by atoms with Gasteiger partial charge in [0, 0.05) is 267 Å². The minimum Gasteiger partial charge on any atom is -0.665 e. The van der Waals surface area contributed by atoms with Crippen LogP contribution in [0.4, 0.5) is 0 Å². The van der Waals surface area contributed by atoms with Crippen LogP contribution in [0.5, 0.6) is 28.7 Å². The van der Waals surface area contributed by atoms with Gasteiger partial charge < -0.3 is 102 Å². The van der Waals surface area contributed by atoms with E-state index in [2.05, 4.69) is 208 Å². The largest absolute Gasteiger partial charge is 0.665 e. The number of para-hydroxylation sites is 5. The summed E-state index contributed by atoms with van der Waals surface area (Å²) < 4.78 is 33.4. The van der Waals surface area contributed by atoms with Crippen molar-refractivity contribution in [1.29, 1.82) is 15.8 Å². The van der Waals surface area contributed by atoms with Crippen LogP contribution in [0.2, 0.25) is 0 Å². The number of nitrogens with zero attached hydrogens (tertiary/aromatic N) is 6. The van der Waals surface area contributed by atoms with Crippen molar-refractivity contribution in [3.05, 3.63) is 259 Å². The summed E-state index contributed by atoms with van der Waals surface area (Å²) >= 11 is 18.7. The number of hydrogen-bond donors (Lipinski definition) is 3. The topological polar surface area (TPSA) is 270 Å². The number of phenolic OH excluding ortho intramolecular Hbond substituents is 1. The van der Waals surface area contributed by atoms with Crippen molar-refractivity contribution in [3.63, 3.8) is 0 Å². The van der Waals surface area contributed by atoms with Gasteiger partial charge in [0.2, 0.25) is 18.6 Å². The Kier molecular flexibility index (Phi) is 210. The maximum Gasteiger partial charge on any atom is 0.275 e. The fourth-order valence-corrected chi connectivity index (χ4v) is 7.61. The summed E-state index contributed by atoms with van der Waals surface area (Å²) in [6.45, 7) is 56.0. The second kappa shape index (κ2) is 142. The molecule has 646 valence electrons. The molecule has 0 fully saturated rings. The smallest absolute Gasteiger partial charge is 0.275 e. The molecular weight excluding hydrogens is 2450 g/mol. The maximum atomic E-state index is 10.5. The monoisotopic (exact) mass is 2570 g/mol. The first-order chi connectivity index (χ1) is 52.2. The zero-order valence-corrected chi connectivity index (χ0v) is 106. The van der Waals surface area contributed by atoms with Gasteiger partial charge in [-0.05, 0) is 189 Å². The number of thioether (sulfide) groups is 2. The molecular formula is C85H128Br5N8O9S2Y8-13. The Morgan fingerprint density at radius 2 is 0.607 bits per heavy atom. The van der Waals surface area contributed by atoms with Gasteiger partial charge in [0.1, 0.15) is 21.3 Å². The van der Waals surface area contributed by atoms with Gasteiger partial charge in [-0.3, -0.25) is 29.5 Å². The first kappa shape index (κ1) is 173. The van der Waals surface area contributed by atoms with E-state index < -0.39 is 0 Å². The number of ether oxygens (including phenoxy) is 6. The Hall–Kier alpha value is 2.59. The van der Waals surface area contributed by atoms with E-state index in [-0.39, 0.29) is 303 Å². The predicted molar refractivity (Wildman–Crippen MR) is 493 cm³/mol. The van der Waals surface area contributed by atoms with E-state index >= 15 is 0 Å². The molecule has 0 aromatic heterocycles. The number of rotatable bonds is 11. The molecule has 0 amide bonds. The van der Waals surface area contributed by atoms with Crippen LogP contribution in [-0.2, 0) is 281 Å². The Morgan fingerprint density at radius 3 is 0.761 bits per heavy atom. The third kappa shape index (κ3) is 127. The first-order valence-electron chi connectivity index (χ1n) is 33.9. The Balaban J connectivity index is -0.0000000449. The molecule has 0 aliphatic heterocycles. The fraction of sp³-hybridized carbons (Fsp3) is 0.329. The average molecular weight is 2580 g/mol. The van der Waals surface area contributed by atoms with Crippen molar-refractivity contribution in [2.24, 2.45) is 26.4 Å². The first-order valence-corrected chi connectivity index (χ1v) is 40.7. The van der Waals surface area contributed by atoms with E-state index in [4.69, 9.17) is 49.3 Å². The summed E-state index contributed by atoms with van der Waals surface area (Å²) in [4.78, 5) is 31.5. The second-order valence-electron chi connectivity index (χ2n) is 18.3. The molecule has 6 aromatic carbocycles. The summed E-state index contributed by atoms with van der Waals surface area (Å²) in [6.07, 6.45) is 11.6. The van der Waals surface area contributed by atoms with E-state index in [1.807, 2.05) is 258 Å². The number of benzene rings is 6. The van der Waals surface area contributed by atoms with Gasteiger partial charge in [0.15, 0.2) is 0 Å². The Morgan fingerprint density at radius 1 is 0.385 bits per heavy atom. The van der Waals surface area contributed by atoms with Crippen LogP contribution in [0.1, 0.15) is 163 Å². The molecule has 6 rings (SSSR count). The molecule has 0 aliphatic carbocycles. The summed E-state index contributed by atoms with van der Waals surface area (Å²) in [7, 11) is 18.8. The minimum atomic E-state index is -0.366. The predicted octanol–water partition coefficient (Wildman–Crippen LogP) is 27.7. The zero-order chi connectivity index (χ0) is 88.1. The normalized spacial score (nSPS) is 7.63. The zero-order valence-electron chi connectivity index (χ0n) is 73.2. The number of esters is 2. The van der Waals surface area contributed by atoms with Crippen LogP contribution in [0.25, 0.3) is 11.1 Å². The van der Waals surface area contributed by atoms with Gasteiger partial charge in [0.25, 0.3) is 11.9 Å². The van der Waals surface area contributed by atoms with Crippen LogP contribution in [-0.4, -0.2) is 56.6 Å². The van der Waals surface area contributed by atoms with E-state index in [1.165, 1.54) is 23.5 Å². The quantitative estimate of drug-likeness (QED) is 0.0358. The number of phenols is 1. The van der Waals surface area contributed by atoms with Gasteiger partial charge in [-0.25, -0.2) is 0 Å². The van der Waals surface area contributed by atoms with Crippen LogP contribution < -0.4 is 30.4 Å². The van der Waals surface area contributed by atoms with E-state index in [1.54, 1.807) is 36.8 Å². The summed E-state index contributed by atoms with van der Waals surface area (Å²) in [5.41, 5.74) is 11.5. The number of aliphatic imine (C=N–C) groups is 3. The Labute approximate surface area is 966 Å². The second-order valence-corrected chi connectivity index (χ2v) is 23.6. The van der Waals surface area contributed by atoms with Crippen LogP contribution >= 0.6 is 103 Å². The van der Waals surface area contributed by atoms with Crippen molar-refractivity contribution in [3.8, 4) is 58.5 Å². The molecule has 0 unspecified atom stereocenters. The molecule has 0 saturated heterocycles. The standard InChI is InChI=1S/C13H11O.3C7H6BrO.2C7H13O2.C6H5BrO.2C6H8N2.C4H6N2S2.6C2H6.CH2Br.2CH4N.8Y/c1-14-13-10-6-5-9-12(13)11-7-3-2-4-8-11;3*1-9-7-5-3-2-4-6(7)8;2*1-5-6(8)9-7(2,3)4;7-5-3-1-2-4-6(5)8;2*1-3-6(4-2)8-5-7;1-7-4(8-2)6-3-5;9*1-2;;;;;;;;/h2-10H,1H2;3*2-5H,1H2;2*1,5H2,2-4H3;1-4,8H;2*1-4H2;1-2H3;6*1-2H3;1H2;2*1-2H2;;;;;;;;/q6*-1;;2*-2;;;;;;;;3*-1;;;;;;;;. The SMILES string of the molecule is CC.CC.CC.CC.CC.CC.CSC(=NC#N)SC.Oc1ccccc1Br.[CH2-]Br.[CH2-]CC(=O)OC(C)(C)C.[CH2-]CC(=O)OC(C)(C)C.[CH2-]CC(C[CH2-])=NC#N.[CH2-]CC(C[CH2-])=NC#N.[CH2-]N.[CH2-]N.[CH2-]Oc1ccccc1-c1ccccc1.[CH2-]Oc1ccccc1Br.[CH2-]Oc1ccccc1Br.[CH2-]Oc1ccccc1Br.[Y].[Y].[Y].[Y].[Y].[Y].[Y].[Y]. The number of aromatic hydroxyl groups is 1. The molecule has 17 nitrogen and oxygen atoms in total. The summed E-state index contributed by atoms with van der Waals surface area (Å²) in [6, 6.07) is 47.7. The van der Waals surface area contributed by atoms with Crippen molar-refractivity contribution in [2.75, 3.05) is 12.5 Å². The van der Waals surface area contributed by atoms with Gasteiger partial charge >= 0.3 is 0 Å². The molecule has 0 aliphatic rings. The minimum absolute atomic E-state index is 0. The molecule has 117 heavy (non-hydrogen) atoms. The number of nitriles is 3. The average Bonchev–Trinajstić information content (AvgIpc) is 0.849. The van der Waals surface area contributed by atoms with Crippen LogP contribution in [0.3, 0.4) is 0 Å². The van der Waals surface area contributed by atoms with Crippen molar-refractivity contribution in [1.82, 2.24) is 0 Å². The van der Waals surface area contributed by atoms with E-state index in [9.17, 15) is 9.59 Å². The number of hydrogen-bond acceptors (Lipinski definition) is 19. The van der Waals surface area contributed by atoms with E-state index in [0.717, 1.165) is 67.8 Å². The number of carbonyl (C=O) groups excluding carboxylic acids is 2. The number of nitrogens with two attached hydrogens (primary N) is 2. The molecule has 32 heteroatoms. The molecule has 8 radical (unpaired) electrons. The van der Waals surface area contributed by atoms with Crippen LogP contribution in [0, 0.1) is 124 Å². The summed E-state index contributed by atoms with van der Waals surface area (Å²) in [5, 5.41) is 32.9. The van der Waals surface area contributed by atoms with Gasteiger partial charge in [-0.1, -0.05) is 193 Å². The third-order valence-corrected chi connectivity index (χ3v) is 13.8. The molecule has 0 saturated carbocycles. The van der Waals surface area contributed by atoms with Gasteiger partial charge in [-0.2, -0.15) is 59.2 Å². The summed E-state index contributed by atoms with van der Waals surface area (Å²) in [5.74, 6) is 5.94. The number of halogens is 5. The van der Waals surface area contributed by atoms with Crippen molar-refractivity contribution >= 4 is 131 Å². The van der Waals surface area contributed by atoms with Gasteiger partial charge in [0.05, 0.1) is 40.9 Å². The molecule has 6 aromatic rings. The van der Waals surface area contributed by atoms with Crippen molar-refractivity contribution < 1.29 is 305 Å². The molecule has 0 atom stereocenters. The van der Waals surface area contributed by atoms with Gasteiger partial charge in [-0.15, -0.1) is 49.2 Å². The van der Waals surface area contributed by atoms with E-state index in [0.29, 0.717) is 25.7 Å². The molecule has 5 N–H and O–H groups in total.